The van der Waals surface area contributed by atoms with Gasteiger partial charge in [-0.25, -0.2) is 0 Å². The highest BCUT2D eigenvalue weighted by Crippen LogP contribution is 1.97. The first-order valence-corrected chi connectivity index (χ1v) is 5.30. The van der Waals surface area contributed by atoms with Crippen molar-refractivity contribution < 1.29 is 9.90 Å². The summed E-state index contributed by atoms with van der Waals surface area (Å²) in [6, 6.07) is 3.70. The van der Waals surface area contributed by atoms with E-state index in [0.717, 1.165) is 12.0 Å². The van der Waals surface area contributed by atoms with Crippen molar-refractivity contribution in [3.05, 3.63) is 36.2 Å². The van der Waals surface area contributed by atoms with E-state index in [1.54, 1.807) is 18.5 Å². The van der Waals surface area contributed by atoms with Gasteiger partial charge in [-0.15, -0.1) is 0 Å². The Labute approximate surface area is 95.0 Å². The van der Waals surface area contributed by atoms with E-state index in [2.05, 4.69) is 10.3 Å². The van der Waals surface area contributed by atoms with E-state index in [4.69, 9.17) is 5.11 Å². The Morgan fingerprint density at radius 1 is 1.50 bits per heavy atom. The van der Waals surface area contributed by atoms with Crippen molar-refractivity contribution in [3.63, 3.8) is 0 Å². The van der Waals surface area contributed by atoms with Gasteiger partial charge in [-0.05, 0) is 30.5 Å². The van der Waals surface area contributed by atoms with Gasteiger partial charge in [-0.2, -0.15) is 0 Å². The zero-order valence-corrected chi connectivity index (χ0v) is 9.10. The molecular weight excluding hydrogens is 204 g/mol. The molecule has 1 rings (SSSR count). The molecule has 0 bridgehead atoms. The minimum Gasteiger partial charge on any atom is -0.396 e. The van der Waals surface area contributed by atoms with Crippen molar-refractivity contribution in [2.24, 2.45) is 0 Å². The number of nitrogens with zero attached hydrogens (tertiary/aromatic N) is 1. The summed E-state index contributed by atoms with van der Waals surface area (Å²) in [7, 11) is 0. The second-order valence-corrected chi connectivity index (χ2v) is 3.34. The maximum Gasteiger partial charge on any atom is 0.243 e. The molecule has 0 aliphatic heterocycles. The number of carbonyl (C=O) groups is 1. The number of hydrogen-bond acceptors (Lipinski definition) is 3. The minimum absolute atomic E-state index is 0.123. The molecule has 0 saturated heterocycles. The first-order chi connectivity index (χ1) is 7.83. The molecule has 4 nitrogen and oxygen atoms in total. The second-order valence-electron chi connectivity index (χ2n) is 3.34. The Kier molecular flexibility index (Phi) is 5.88. The van der Waals surface area contributed by atoms with Crippen LogP contribution in [0.15, 0.2) is 30.6 Å². The molecule has 2 N–H and O–H groups in total. The van der Waals surface area contributed by atoms with Gasteiger partial charge in [0.15, 0.2) is 0 Å². The van der Waals surface area contributed by atoms with Crippen molar-refractivity contribution >= 4 is 12.0 Å². The molecule has 0 radical (unpaired) electrons. The maximum absolute atomic E-state index is 11.3. The first kappa shape index (κ1) is 12.4. The van der Waals surface area contributed by atoms with Gasteiger partial charge < -0.3 is 10.4 Å². The number of aromatic nitrogens is 1. The molecule has 0 saturated carbocycles. The van der Waals surface area contributed by atoms with Crippen LogP contribution in [0.5, 0.6) is 0 Å². The molecule has 0 aromatic carbocycles. The second kappa shape index (κ2) is 7.59. The number of aliphatic hydroxyl groups is 1. The van der Waals surface area contributed by atoms with Gasteiger partial charge in [0.2, 0.25) is 5.91 Å². The van der Waals surface area contributed by atoms with E-state index in [-0.39, 0.29) is 12.5 Å². The summed E-state index contributed by atoms with van der Waals surface area (Å²) in [6.07, 6.45) is 8.09. The van der Waals surface area contributed by atoms with E-state index in [0.29, 0.717) is 13.0 Å². The summed E-state index contributed by atoms with van der Waals surface area (Å²) < 4.78 is 0. The molecule has 0 aliphatic carbocycles. The lowest BCUT2D eigenvalue weighted by atomic mass is 10.2. The monoisotopic (exact) mass is 220 g/mol. The largest absolute Gasteiger partial charge is 0.396 e. The number of amides is 1. The van der Waals surface area contributed by atoms with E-state index >= 15 is 0 Å². The Morgan fingerprint density at radius 2 is 2.38 bits per heavy atom. The molecule has 0 spiro atoms. The van der Waals surface area contributed by atoms with Crippen LogP contribution >= 0.6 is 0 Å². The molecule has 1 aromatic rings. The van der Waals surface area contributed by atoms with Crippen LogP contribution in [0, 0.1) is 0 Å². The number of aliphatic hydroxyl groups excluding tert-OH is 1. The van der Waals surface area contributed by atoms with Gasteiger partial charge in [-0.1, -0.05) is 6.07 Å². The zero-order chi connectivity index (χ0) is 11.6. The van der Waals surface area contributed by atoms with Crippen molar-refractivity contribution in [1.82, 2.24) is 10.3 Å². The summed E-state index contributed by atoms with van der Waals surface area (Å²) in [5.41, 5.74) is 0.896. The molecule has 0 unspecified atom stereocenters. The quantitative estimate of drug-likeness (QED) is 0.555. The summed E-state index contributed by atoms with van der Waals surface area (Å²) in [6.45, 7) is 0.762. The lowest BCUT2D eigenvalue weighted by Crippen LogP contribution is -2.22. The van der Waals surface area contributed by atoms with Crippen molar-refractivity contribution in [1.29, 1.82) is 0 Å². The summed E-state index contributed by atoms with van der Waals surface area (Å²) in [5, 5.41) is 11.3. The molecule has 0 fully saturated rings. The number of pyridine rings is 1. The lowest BCUT2D eigenvalue weighted by molar-refractivity contribution is -0.116. The van der Waals surface area contributed by atoms with Crippen LogP contribution in [0.1, 0.15) is 18.4 Å². The van der Waals surface area contributed by atoms with E-state index in [1.165, 1.54) is 6.08 Å². The number of nitrogens with one attached hydrogen (secondary N) is 1. The molecule has 1 heterocycles. The summed E-state index contributed by atoms with van der Waals surface area (Å²) in [5.74, 6) is -0.123. The highest BCUT2D eigenvalue weighted by Gasteiger charge is 1.94. The van der Waals surface area contributed by atoms with Crippen LogP contribution in [-0.2, 0) is 4.79 Å². The van der Waals surface area contributed by atoms with Gasteiger partial charge in [0.25, 0.3) is 0 Å². The third-order valence-corrected chi connectivity index (χ3v) is 2.00. The standard InChI is InChI=1S/C12H16N2O2/c15-9-2-1-8-14-12(16)6-5-11-4-3-7-13-10-11/h3-7,10,15H,1-2,8-9H2,(H,14,16)/b6-5-. The minimum atomic E-state index is -0.123. The highest BCUT2D eigenvalue weighted by atomic mass is 16.2. The number of rotatable bonds is 6. The van der Waals surface area contributed by atoms with Gasteiger partial charge >= 0.3 is 0 Å². The van der Waals surface area contributed by atoms with Crippen LogP contribution in [0.2, 0.25) is 0 Å². The van der Waals surface area contributed by atoms with Crippen LogP contribution < -0.4 is 5.32 Å². The van der Waals surface area contributed by atoms with Crippen molar-refractivity contribution in [2.45, 2.75) is 12.8 Å². The van der Waals surface area contributed by atoms with E-state index in [1.807, 2.05) is 12.1 Å². The van der Waals surface area contributed by atoms with Crippen LogP contribution in [-0.4, -0.2) is 29.1 Å². The van der Waals surface area contributed by atoms with E-state index < -0.39 is 0 Å². The van der Waals surface area contributed by atoms with Crippen LogP contribution in [0.25, 0.3) is 6.08 Å². The fraction of sp³-hybridized carbons (Fsp3) is 0.333. The first-order valence-electron chi connectivity index (χ1n) is 5.30. The zero-order valence-electron chi connectivity index (χ0n) is 9.10. The summed E-state index contributed by atoms with van der Waals surface area (Å²) >= 11 is 0. The third-order valence-electron chi connectivity index (χ3n) is 2.00. The molecule has 1 amide bonds. The fourth-order valence-electron chi connectivity index (χ4n) is 1.15. The Balaban J connectivity index is 2.26. The molecule has 0 atom stereocenters. The SMILES string of the molecule is O=C(/C=C\c1cccnc1)NCCCCO. The molecule has 86 valence electrons. The van der Waals surface area contributed by atoms with Gasteiger partial charge in [0.1, 0.15) is 0 Å². The normalized spacial score (nSPS) is 10.6. The van der Waals surface area contributed by atoms with Crippen LogP contribution in [0.3, 0.4) is 0 Å². The highest BCUT2D eigenvalue weighted by molar-refractivity contribution is 5.91. The molecule has 0 aliphatic rings. The number of hydrogen-bond donors (Lipinski definition) is 2. The predicted octanol–water partition coefficient (Wildman–Crippen LogP) is 0.983. The Morgan fingerprint density at radius 3 is 3.06 bits per heavy atom. The average molecular weight is 220 g/mol. The number of carbonyl (C=O) groups excluding carboxylic acids is 1. The maximum atomic E-state index is 11.3. The number of unbranched alkanes of at least 4 members (excludes halogenated alkanes) is 1. The van der Waals surface area contributed by atoms with Gasteiger partial charge in [-0.3, -0.25) is 9.78 Å². The Bertz CT molecular complexity index is 336. The molecular formula is C12H16N2O2. The van der Waals surface area contributed by atoms with Crippen LogP contribution in [0.4, 0.5) is 0 Å². The lowest BCUT2D eigenvalue weighted by Gasteiger charge is -1.99. The fourth-order valence-corrected chi connectivity index (χ4v) is 1.15. The average Bonchev–Trinajstić information content (AvgIpc) is 2.33. The van der Waals surface area contributed by atoms with Gasteiger partial charge in [0.05, 0.1) is 0 Å². The smallest absolute Gasteiger partial charge is 0.243 e. The summed E-state index contributed by atoms with van der Waals surface area (Å²) in [4.78, 5) is 15.2. The Hall–Kier alpha value is -1.68. The van der Waals surface area contributed by atoms with E-state index in [9.17, 15) is 4.79 Å². The predicted molar refractivity (Wildman–Crippen MR) is 62.6 cm³/mol. The van der Waals surface area contributed by atoms with Crippen molar-refractivity contribution in [3.8, 4) is 0 Å². The topological polar surface area (TPSA) is 62.2 Å². The molecule has 16 heavy (non-hydrogen) atoms. The third kappa shape index (κ3) is 5.26. The molecule has 1 aromatic heterocycles. The van der Waals surface area contributed by atoms with Crippen molar-refractivity contribution in [2.75, 3.05) is 13.2 Å². The van der Waals surface area contributed by atoms with Gasteiger partial charge in [0, 0.05) is 31.6 Å². The molecule has 4 heteroatoms.